The summed E-state index contributed by atoms with van der Waals surface area (Å²) in [6, 6.07) is 7.06. The first-order valence-corrected chi connectivity index (χ1v) is 6.81. The van der Waals surface area contributed by atoms with Gasteiger partial charge in [0, 0.05) is 34.2 Å². The number of aromatic amines is 1. The lowest BCUT2D eigenvalue weighted by Gasteiger charge is -2.03. The van der Waals surface area contributed by atoms with Gasteiger partial charge < -0.3 is 4.98 Å². The normalized spacial score (nSPS) is 11.4. The Morgan fingerprint density at radius 3 is 2.59 bits per heavy atom. The number of benzene rings is 1. The molecule has 22 heavy (non-hydrogen) atoms. The van der Waals surface area contributed by atoms with E-state index in [2.05, 4.69) is 15.0 Å². The van der Waals surface area contributed by atoms with Crippen molar-refractivity contribution in [3.63, 3.8) is 0 Å². The van der Waals surface area contributed by atoms with Crippen LogP contribution in [0.5, 0.6) is 0 Å². The number of aromatic nitrogens is 3. The summed E-state index contributed by atoms with van der Waals surface area (Å²) in [7, 11) is 0. The van der Waals surface area contributed by atoms with Gasteiger partial charge in [-0.05, 0) is 24.6 Å². The Kier molecular flexibility index (Phi) is 2.69. The fraction of sp³-hybridized carbons (Fsp3) is 0.0588. The van der Waals surface area contributed by atoms with Crippen molar-refractivity contribution in [2.24, 2.45) is 0 Å². The SMILES string of the molecule is Cc1ncc(-c2ccc3c(c2)[nH]c2c(F)cncc23)cc1F. The Hall–Kier alpha value is -2.82. The number of aryl methyl sites for hydroxylation is 1. The van der Waals surface area contributed by atoms with Gasteiger partial charge in [0.1, 0.15) is 5.82 Å². The molecule has 0 bridgehead atoms. The predicted molar refractivity (Wildman–Crippen MR) is 81.5 cm³/mol. The van der Waals surface area contributed by atoms with Crippen LogP contribution in [0, 0.1) is 18.6 Å². The van der Waals surface area contributed by atoms with Gasteiger partial charge in [-0.15, -0.1) is 0 Å². The fourth-order valence-corrected chi connectivity index (χ4v) is 2.63. The predicted octanol–water partition coefficient (Wildman–Crippen LogP) is 4.36. The van der Waals surface area contributed by atoms with Crippen LogP contribution in [0.3, 0.4) is 0 Å². The molecule has 0 radical (unpaired) electrons. The van der Waals surface area contributed by atoms with Crippen molar-refractivity contribution < 1.29 is 8.78 Å². The molecule has 108 valence electrons. The van der Waals surface area contributed by atoms with E-state index in [4.69, 9.17) is 0 Å². The van der Waals surface area contributed by atoms with Crippen LogP contribution in [0.15, 0.2) is 42.9 Å². The van der Waals surface area contributed by atoms with Crippen molar-refractivity contribution in [3.8, 4) is 11.1 Å². The molecule has 4 aromatic rings. The van der Waals surface area contributed by atoms with Gasteiger partial charge in [0.05, 0.1) is 17.4 Å². The van der Waals surface area contributed by atoms with Crippen LogP contribution in [-0.4, -0.2) is 15.0 Å². The molecule has 3 nitrogen and oxygen atoms in total. The molecule has 0 atom stereocenters. The largest absolute Gasteiger partial charge is 0.352 e. The zero-order valence-electron chi connectivity index (χ0n) is 11.7. The Bertz CT molecular complexity index is 1020. The molecule has 0 spiro atoms. The third-order valence-electron chi connectivity index (χ3n) is 3.83. The van der Waals surface area contributed by atoms with E-state index in [9.17, 15) is 8.78 Å². The van der Waals surface area contributed by atoms with Gasteiger partial charge in [-0.2, -0.15) is 0 Å². The van der Waals surface area contributed by atoms with Crippen molar-refractivity contribution in [2.75, 3.05) is 0 Å². The van der Waals surface area contributed by atoms with E-state index in [0.717, 1.165) is 21.9 Å². The molecule has 3 heterocycles. The van der Waals surface area contributed by atoms with Crippen molar-refractivity contribution in [1.82, 2.24) is 15.0 Å². The number of rotatable bonds is 1. The second kappa shape index (κ2) is 4.59. The van der Waals surface area contributed by atoms with Crippen LogP contribution in [0.1, 0.15) is 5.69 Å². The van der Waals surface area contributed by atoms with Crippen molar-refractivity contribution in [3.05, 3.63) is 60.2 Å². The quantitative estimate of drug-likeness (QED) is 0.566. The standard InChI is InChI=1S/C17H11F2N3/c1-9-14(18)4-11(6-21-9)10-2-3-12-13-7-20-8-15(19)17(13)22-16(12)5-10/h2-8,22H,1H3. The molecule has 4 rings (SSSR count). The van der Waals surface area contributed by atoms with Crippen molar-refractivity contribution in [2.45, 2.75) is 6.92 Å². The average molecular weight is 295 g/mol. The molecule has 0 aliphatic heterocycles. The molecule has 3 aromatic heterocycles. The average Bonchev–Trinajstić information content (AvgIpc) is 2.89. The number of nitrogens with zero attached hydrogens (tertiary/aromatic N) is 2. The Balaban J connectivity index is 1.95. The molecule has 1 N–H and O–H groups in total. The number of hydrogen-bond donors (Lipinski definition) is 1. The highest BCUT2D eigenvalue weighted by molar-refractivity contribution is 6.07. The van der Waals surface area contributed by atoms with Crippen LogP contribution in [0.2, 0.25) is 0 Å². The highest BCUT2D eigenvalue weighted by atomic mass is 19.1. The zero-order valence-corrected chi connectivity index (χ0v) is 11.7. The highest BCUT2D eigenvalue weighted by Gasteiger charge is 2.10. The number of halogens is 2. The molecule has 0 saturated heterocycles. The maximum Gasteiger partial charge on any atom is 0.165 e. The fourth-order valence-electron chi connectivity index (χ4n) is 2.63. The summed E-state index contributed by atoms with van der Waals surface area (Å²) in [5, 5.41) is 1.61. The molecule has 0 aliphatic rings. The highest BCUT2D eigenvalue weighted by Crippen LogP contribution is 2.30. The summed E-state index contributed by atoms with van der Waals surface area (Å²) in [6.07, 6.45) is 4.44. The molecular formula is C17H11F2N3. The van der Waals surface area contributed by atoms with Crippen LogP contribution in [0.25, 0.3) is 32.9 Å². The van der Waals surface area contributed by atoms with E-state index < -0.39 is 5.82 Å². The molecule has 0 amide bonds. The molecule has 0 fully saturated rings. The number of pyridine rings is 2. The van der Waals surface area contributed by atoms with Crippen LogP contribution in [-0.2, 0) is 0 Å². The summed E-state index contributed by atoms with van der Waals surface area (Å²) >= 11 is 0. The minimum absolute atomic E-state index is 0.343. The number of nitrogens with one attached hydrogen (secondary N) is 1. The van der Waals surface area contributed by atoms with E-state index in [-0.39, 0.29) is 5.82 Å². The zero-order chi connectivity index (χ0) is 15.3. The van der Waals surface area contributed by atoms with Gasteiger partial charge in [-0.1, -0.05) is 12.1 Å². The lowest BCUT2D eigenvalue weighted by atomic mass is 10.0. The van der Waals surface area contributed by atoms with Crippen LogP contribution < -0.4 is 0 Å². The molecular weight excluding hydrogens is 284 g/mol. The van der Waals surface area contributed by atoms with E-state index in [1.165, 1.54) is 12.3 Å². The summed E-state index contributed by atoms with van der Waals surface area (Å²) < 4.78 is 27.5. The monoisotopic (exact) mass is 295 g/mol. The van der Waals surface area contributed by atoms with Crippen molar-refractivity contribution >= 4 is 21.8 Å². The first-order valence-electron chi connectivity index (χ1n) is 6.81. The number of H-pyrrole nitrogens is 1. The first-order chi connectivity index (χ1) is 10.6. The Morgan fingerprint density at radius 1 is 0.909 bits per heavy atom. The van der Waals surface area contributed by atoms with E-state index in [1.807, 2.05) is 18.2 Å². The summed E-state index contributed by atoms with van der Waals surface area (Å²) in [5.41, 5.74) is 3.07. The topological polar surface area (TPSA) is 41.6 Å². The molecule has 0 saturated carbocycles. The second-order valence-electron chi connectivity index (χ2n) is 5.22. The maximum absolute atomic E-state index is 13.8. The lowest BCUT2D eigenvalue weighted by Crippen LogP contribution is -1.89. The van der Waals surface area contributed by atoms with Gasteiger partial charge in [0.15, 0.2) is 5.82 Å². The van der Waals surface area contributed by atoms with Crippen LogP contribution >= 0.6 is 0 Å². The Labute approximate surface area is 124 Å². The van der Waals surface area contributed by atoms with Crippen molar-refractivity contribution in [1.29, 1.82) is 0 Å². The summed E-state index contributed by atoms with van der Waals surface area (Å²) in [6.45, 7) is 1.62. The smallest absolute Gasteiger partial charge is 0.165 e. The lowest BCUT2D eigenvalue weighted by molar-refractivity contribution is 0.610. The van der Waals surface area contributed by atoms with Crippen LogP contribution in [0.4, 0.5) is 8.78 Å². The minimum Gasteiger partial charge on any atom is -0.352 e. The molecule has 0 unspecified atom stereocenters. The van der Waals surface area contributed by atoms with Gasteiger partial charge in [0.2, 0.25) is 0 Å². The van der Waals surface area contributed by atoms with Gasteiger partial charge in [-0.25, -0.2) is 8.78 Å². The summed E-state index contributed by atoms with van der Waals surface area (Å²) in [4.78, 5) is 11.0. The molecule has 5 heteroatoms. The maximum atomic E-state index is 13.8. The van der Waals surface area contributed by atoms with E-state index >= 15 is 0 Å². The number of fused-ring (bicyclic) bond motifs is 3. The molecule has 1 aromatic carbocycles. The third kappa shape index (κ3) is 1.86. The third-order valence-corrected chi connectivity index (χ3v) is 3.83. The Morgan fingerprint density at radius 2 is 1.77 bits per heavy atom. The number of hydrogen-bond acceptors (Lipinski definition) is 2. The van der Waals surface area contributed by atoms with Gasteiger partial charge >= 0.3 is 0 Å². The second-order valence-corrected chi connectivity index (χ2v) is 5.22. The van der Waals surface area contributed by atoms with Gasteiger partial charge in [0.25, 0.3) is 0 Å². The summed E-state index contributed by atoms with van der Waals surface area (Å²) in [5.74, 6) is -0.734. The first kappa shape index (κ1) is 12.9. The van der Waals surface area contributed by atoms with E-state index in [0.29, 0.717) is 16.8 Å². The van der Waals surface area contributed by atoms with E-state index in [1.54, 1.807) is 19.3 Å². The molecule has 0 aliphatic carbocycles. The minimum atomic E-state index is -0.390. The van der Waals surface area contributed by atoms with Gasteiger partial charge in [-0.3, -0.25) is 9.97 Å².